The number of carbonyl (C=O) groups is 1. The number of rotatable bonds is 3. The molecule has 5 rings (SSSR count). The molecule has 3 atom stereocenters. The summed E-state index contributed by atoms with van der Waals surface area (Å²) in [6.07, 6.45) is 0.965. The molecule has 28 heavy (non-hydrogen) atoms. The molecule has 1 aliphatic carbocycles. The van der Waals surface area contributed by atoms with Crippen molar-refractivity contribution >= 4 is 11.7 Å². The summed E-state index contributed by atoms with van der Waals surface area (Å²) in [5.41, 5.74) is 6.27. The molecule has 2 N–H and O–H groups in total. The lowest BCUT2D eigenvalue weighted by Gasteiger charge is -2.38. The largest absolute Gasteiger partial charge is 0.497 e. The number of benzene rings is 3. The van der Waals surface area contributed by atoms with Crippen LogP contribution in [0.3, 0.4) is 0 Å². The topological polar surface area (TPSA) is 58.6 Å². The van der Waals surface area contributed by atoms with Gasteiger partial charge in [0.2, 0.25) is 0 Å². The van der Waals surface area contributed by atoms with Gasteiger partial charge in [-0.2, -0.15) is 0 Å². The molecular weight excluding hydrogens is 350 g/mol. The van der Waals surface area contributed by atoms with Crippen LogP contribution in [0.15, 0.2) is 66.7 Å². The zero-order chi connectivity index (χ0) is 19.3. The van der Waals surface area contributed by atoms with Crippen LogP contribution in [-0.2, 0) is 6.42 Å². The Balaban J connectivity index is 1.67. The highest BCUT2D eigenvalue weighted by Gasteiger charge is 2.43. The van der Waals surface area contributed by atoms with Crippen molar-refractivity contribution < 1.29 is 14.6 Å². The number of fused-ring (bicyclic) bond motifs is 5. The van der Waals surface area contributed by atoms with Crippen LogP contribution in [0.5, 0.6) is 5.75 Å². The number of aromatic carboxylic acids is 1. The third-order valence-electron chi connectivity index (χ3n) is 6.10. The normalized spacial score (nSPS) is 21.8. The van der Waals surface area contributed by atoms with Crippen LogP contribution in [0.1, 0.15) is 44.6 Å². The van der Waals surface area contributed by atoms with Crippen molar-refractivity contribution in [2.75, 3.05) is 12.4 Å². The van der Waals surface area contributed by atoms with Crippen LogP contribution in [0.25, 0.3) is 0 Å². The molecule has 4 nitrogen and oxygen atoms in total. The quantitative estimate of drug-likeness (QED) is 0.690. The van der Waals surface area contributed by atoms with Crippen LogP contribution in [-0.4, -0.2) is 18.2 Å². The van der Waals surface area contributed by atoms with Gasteiger partial charge in [-0.1, -0.05) is 36.4 Å². The third kappa shape index (κ3) is 2.56. The Morgan fingerprint density at radius 3 is 2.71 bits per heavy atom. The van der Waals surface area contributed by atoms with E-state index in [1.165, 1.54) is 16.7 Å². The van der Waals surface area contributed by atoms with E-state index in [-0.39, 0.29) is 12.0 Å². The summed E-state index contributed by atoms with van der Waals surface area (Å²) >= 11 is 0. The summed E-state index contributed by atoms with van der Waals surface area (Å²) in [5.74, 6) is 0.461. The Kier molecular flexibility index (Phi) is 3.86. The van der Waals surface area contributed by atoms with Gasteiger partial charge >= 0.3 is 5.97 Å². The average molecular weight is 371 g/mol. The second kappa shape index (κ2) is 6.41. The highest BCUT2D eigenvalue weighted by atomic mass is 16.5. The first-order valence-corrected chi connectivity index (χ1v) is 9.51. The number of nitrogens with one attached hydrogen (secondary N) is 1. The number of carboxylic acid groups (broad SMARTS) is 1. The van der Waals surface area contributed by atoms with E-state index in [2.05, 4.69) is 41.7 Å². The third-order valence-corrected chi connectivity index (χ3v) is 6.10. The monoisotopic (exact) mass is 371 g/mol. The summed E-state index contributed by atoms with van der Waals surface area (Å²) < 4.78 is 5.44. The van der Waals surface area contributed by atoms with Gasteiger partial charge in [0.25, 0.3) is 0 Å². The van der Waals surface area contributed by atoms with E-state index in [4.69, 9.17) is 4.74 Å². The zero-order valence-corrected chi connectivity index (χ0v) is 15.6. The summed E-state index contributed by atoms with van der Waals surface area (Å²) in [6, 6.07) is 22.3. The fourth-order valence-electron chi connectivity index (χ4n) is 4.86. The van der Waals surface area contributed by atoms with Gasteiger partial charge < -0.3 is 15.2 Å². The summed E-state index contributed by atoms with van der Waals surface area (Å²) in [4.78, 5) is 11.5. The lowest BCUT2D eigenvalue weighted by atomic mass is 9.75. The van der Waals surface area contributed by atoms with Gasteiger partial charge in [-0.05, 0) is 64.9 Å². The molecule has 0 saturated heterocycles. The molecule has 0 amide bonds. The lowest BCUT2D eigenvalue weighted by molar-refractivity contribution is 0.0696. The second-order valence-corrected chi connectivity index (χ2v) is 7.55. The molecule has 0 saturated carbocycles. The van der Waals surface area contributed by atoms with Crippen LogP contribution in [0.4, 0.5) is 5.69 Å². The number of ether oxygens (including phenoxy) is 1. The molecule has 0 unspecified atom stereocenters. The minimum atomic E-state index is -0.888. The Bertz CT molecular complexity index is 1070. The Morgan fingerprint density at radius 2 is 1.89 bits per heavy atom. The minimum Gasteiger partial charge on any atom is -0.497 e. The first kappa shape index (κ1) is 16.9. The van der Waals surface area contributed by atoms with Gasteiger partial charge in [0, 0.05) is 11.6 Å². The van der Waals surface area contributed by atoms with E-state index in [0.717, 1.165) is 23.4 Å². The molecule has 1 aliphatic heterocycles. The molecule has 140 valence electrons. The summed E-state index contributed by atoms with van der Waals surface area (Å²) in [5, 5.41) is 13.2. The molecule has 1 heterocycles. The molecule has 0 radical (unpaired) electrons. The maximum absolute atomic E-state index is 11.5. The van der Waals surface area contributed by atoms with Gasteiger partial charge in [0.15, 0.2) is 0 Å². The molecular formula is C24H21NO3. The van der Waals surface area contributed by atoms with E-state index in [0.29, 0.717) is 11.5 Å². The van der Waals surface area contributed by atoms with Crippen molar-refractivity contribution in [3.63, 3.8) is 0 Å². The van der Waals surface area contributed by atoms with Crippen molar-refractivity contribution in [3.8, 4) is 5.75 Å². The van der Waals surface area contributed by atoms with Gasteiger partial charge in [0.05, 0.1) is 18.7 Å². The SMILES string of the molecule is COc1cccc([C@@H]2Nc3ccc(C(=O)O)cc3[C@@H]3c4ccccc4C[C@H]32)c1. The molecule has 4 heteroatoms. The van der Waals surface area contributed by atoms with E-state index in [1.54, 1.807) is 13.2 Å². The van der Waals surface area contributed by atoms with Crippen molar-refractivity contribution in [1.29, 1.82) is 0 Å². The highest BCUT2D eigenvalue weighted by molar-refractivity contribution is 5.89. The standard InChI is InChI=1S/C24H21NO3/c1-28-17-7-4-6-15(11-17)23-20-12-14-5-2-3-8-18(14)22(20)19-13-16(24(26)27)9-10-21(19)25-23/h2-11,13,20,22-23,25H,12H2,1H3,(H,26,27)/t20-,22+,23+/m1/s1. The maximum atomic E-state index is 11.5. The molecule has 0 fully saturated rings. The van der Waals surface area contributed by atoms with Crippen LogP contribution < -0.4 is 10.1 Å². The van der Waals surface area contributed by atoms with Crippen LogP contribution in [0.2, 0.25) is 0 Å². The first-order valence-electron chi connectivity index (χ1n) is 9.51. The number of hydrogen-bond donors (Lipinski definition) is 2. The van der Waals surface area contributed by atoms with Crippen molar-refractivity contribution in [1.82, 2.24) is 0 Å². The van der Waals surface area contributed by atoms with Crippen molar-refractivity contribution in [2.24, 2.45) is 5.92 Å². The smallest absolute Gasteiger partial charge is 0.335 e. The van der Waals surface area contributed by atoms with Gasteiger partial charge in [-0.25, -0.2) is 4.79 Å². The lowest BCUT2D eigenvalue weighted by Crippen LogP contribution is -2.30. The van der Waals surface area contributed by atoms with E-state index in [9.17, 15) is 9.90 Å². The Morgan fingerprint density at radius 1 is 1.04 bits per heavy atom. The van der Waals surface area contributed by atoms with Crippen LogP contribution in [0, 0.1) is 5.92 Å². The fourth-order valence-corrected chi connectivity index (χ4v) is 4.86. The van der Waals surface area contributed by atoms with E-state index in [1.807, 2.05) is 24.3 Å². The van der Waals surface area contributed by atoms with Crippen molar-refractivity contribution in [3.05, 3.63) is 94.5 Å². The van der Waals surface area contributed by atoms with Gasteiger partial charge in [0.1, 0.15) is 5.75 Å². The Labute approximate surface area is 163 Å². The number of methoxy groups -OCH3 is 1. The predicted molar refractivity (Wildman–Crippen MR) is 108 cm³/mol. The minimum absolute atomic E-state index is 0.135. The van der Waals surface area contributed by atoms with Crippen molar-refractivity contribution in [2.45, 2.75) is 18.4 Å². The van der Waals surface area contributed by atoms with Gasteiger partial charge in [-0.3, -0.25) is 0 Å². The second-order valence-electron chi connectivity index (χ2n) is 7.55. The fraction of sp³-hybridized carbons (Fsp3) is 0.208. The first-order chi connectivity index (χ1) is 13.7. The predicted octanol–water partition coefficient (Wildman–Crippen LogP) is 4.86. The zero-order valence-electron chi connectivity index (χ0n) is 15.6. The maximum Gasteiger partial charge on any atom is 0.335 e. The molecule has 0 aromatic heterocycles. The van der Waals surface area contributed by atoms with Crippen LogP contribution >= 0.6 is 0 Å². The van der Waals surface area contributed by atoms with Gasteiger partial charge in [-0.15, -0.1) is 0 Å². The molecule has 0 spiro atoms. The molecule has 3 aromatic rings. The summed E-state index contributed by atoms with van der Waals surface area (Å²) in [6.45, 7) is 0. The average Bonchev–Trinajstić information content (AvgIpc) is 3.12. The van der Waals surface area contributed by atoms with E-state index >= 15 is 0 Å². The van der Waals surface area contributed by atoms with E-state index < -0.39 is 5.97 Å². The number of carboxylic acids is 1. The number of hydrogen-bond acceptors (Lipinski definition) is 3. The molecule has 2 aliphatic rings. The Hall–Kier alpha value is -3.27. The summed E-state index contributed by atoms with van der Waals surface area (Å²) in [7, 11) is 1.68. The number of anilines is 1. The molecule has 3 aromatic carbocycles. The molecule has 0 bridgehead atoms. The highest BCUT2D eigenvalue weighted by Crippen LogP contribution is 2.54.